The van der Waals surface area contributed by atoms with Crippen LogP contribution in [0, 0.1) is 0 Å². The van der Waals surface area contributed by atoms with E-state index in [9.17, 15) is 9.59 Å². The lowest BCUT2D eigenvalue weighted by atomic mass is 10.00. The van der Waals surface area contributed by atoms with E-state index in [1.807, 2.05) is 12.1 Å². The van der Waals surface area contributed by atoms with E-state index in [0.717, 1.165) is 28.8 Å². The van der Waals surface area contributed by atoms with E-state index in [2.05, 4.69) is 17.1 Å². The Labute approximate surface area is 181 Å². The van der Waals surface area contributed by atoms with Crippen LogP contribution in [0.3, 0.4) is 0 Å². The van der Waals surface area contributed by atoms with E-state index in [-0.39, 0.29) is 11.5 Å². The van der Waals surface area contributed by atoms with Crippen molar-refractivity contribution in [3.8, 4) is 0 Å². The topological polar surface area (TPSA) is 54.3 Å². The molecule has 1 fully saturated rings. The minimum absolute atomic E-state index is 0.00322. The Morgan fingerprint density at radius 3 is 2.93 bits per heavy atom. The Balaban J connectivity index is 1.50. The number of pyridine rings is 1. The predicted octanol–water partition coefficient (Wildman–Crippen LogP) is 4.05. The van der Waals surface area contributed by atoms with Crippen LogP contribution in [0.2, 0.25) is 5.02 Å². The predicted molar refractivity (Wildman–Crippen MR) is 122 cm³/mol. The average Bonchev–Trinajstić information content (AvgIpc) is 2.73. The number of aromatic nitrogens is 1. The number of piperidine rings is 1. The van der Waals surface area contributed by atoms with Gasteiger partial charge in [0, 0.05) is 47.5 Å². The number of thioether (sulfide) groups is 1. The summed E-state index contributed by atoms with van der Waals surface area (Å²) in [5.74, 6) is 0.301. The Morgan fingerprint density at radius 2 is 2.14 bits per heavy atom. The second-order valence-corrected chi connectivity index (χ2v) is 9.11. The molecule has 7 heteroatoms. The molecule has 0 bridgehead atoms. The van der Waals surface area contributed by atoms with Gasteiger partial charge in [0.05, 0.1) is 11.3 Å². The molecule has 0 spiro atoms. The van der Waals surface area contributed by atoms with Crippen molar-refractivity contribution in [1.29, 1.82) is 0 Å². The first-order valence-corrected chi connectivity index (χ1v) is 11.8. The number of nitrogens with zero attached hydrogens (tertiary/aromatic N) is 2. The lowest BCUT2D eigenvalue weighted by Crippen LogP contribution is -2.40. The highest BCUT2D eigenvalue weighted by Crippen LogP contribution is 2.28. The number of aryl methyl sites for hydroxylation is 1. The molecule has 2 heterocycles. The molecule has 0 unspecified atom stereocenters. The van der Waals surface area contributed by atoms with E-state index in [1.165, 1.54) is 44.0 Å². The van der Waals surface area contributed by atoms with Gasteiger partial charge >= 0.3 is 0 Å². The summed E-state index contributed by atoms with van der Waals surface area (Å²) in [7, 11) is 1.73. The first kappa shape index (κ1) is 22.2. The summed E-state index contributed by atoms with van der Waals surface area (Å²) in [6, 6.07) is 7.79. The van der Waals surface area contributed by atoms with Crippen LogP contribution >= 0.6 is 23.4 Å². The van der Waals surface area contributed by atoms with Crippen molar-refractivity contribution < 1.29 is 4.79 Å². The van der Waals surface area contributed by atoms with Crippen LogP contribution in [-0.4, -0.2) is 46.8 Å². The van der Waals surface area contributed by atoms with Crippen LogP contribution in [0.1, 0.15) is 39.0 Å². The minimum atomic E-state index is -0.102. The molecule has 158 valence electrons. The molecular weight excluding hydrogens is 406 g/mol. The Bertz CT molecular complexity index is 915. The molecule has 1 N–H and O–H groups in total. The van der Waals surface area contributed by atoms with E-state index >= 15 is 0 Å². The van der Waals surface area contributed by atoms with Gasteiger partial charge in [-0.15, -0.1) is 11.8 Å². The van der Waals surface area contributed by atoms with Crippen molar-refractivity contribution in [3.63, 3.8) is 0 Å². The molecular formula is C22H30ClN3O2S. The summed E-state index contributed by atoms with van der Waals surface area (Å²) in [6.45, 7) is 5.18. The van der Waals surface area contributed by atoms with Gasteiger partial charge in [-0.05, 0) is 44.4 Å². The fourth-order valence-electron chi connectivity index (χ4n) is 4.04. The molecule has 1 aliphatic rings. The average molecular weight is 436 g/mol. The van der Waals surface area contributed by atoms with Crippen LogP contribution < -0.4 is 10.9 Å². The molecule has 5 nitrogen and oxygen atoms in total. The molecule has 29 heavy (non-hydrogen) atoms. The van der Waals surface area contributed by atoms with Gasteiger partial charge in [0.1, 0.15) is 0 Å². The number of rotatable bonds is 8. The Morgan fingerprint density at radius 1 is 1.31 bits per heavy atom. The number of carbonyl (C=O) groups is 1. The maximum Gasteiger partial charge on any atom is 0.251 e. The van der Waals surface area contributed by atoms with Gasteiger partial charge in [-0.25, -0.2) is 0 Å². The highest BCUT2D eigenvalue weighted by atomic mass is 35.5. The first-order chi connectivity index (χ1) is 14.0. The van der Waals surface area contributed by atoms with Crippen molar-refractivity contribution >= 4 is 40.2 Å². The fraction of sp³-hybridized carbons (Fsp3) is 0.545. The van der Waals surface area contributed by atoms with E-state index in [0.29, 0.717) is 23.4 Å². The monoisotopic (exact) mass is 435 g/mol. The maximum absolute atomic E-state index is 12.3. The summed E-state index contributed by atoms with van der Waals surface area (Å²) < 4.78 is 1.58. The van der Waals surface area contributed by atoms with Crippen molar-refractivity contribution in [2.45, 2.75) is 50.0 Å². The third kappa shape index (κ3) is 5.77. The molecule has 0 saturated carbocycles. The quantitative estimate of drug-likeness (QED) is 0.502. The van der Waals surface area contributed by atoms with Crippen molar-refractivity contribution in [2.24, 2.45) is 7.05 Å². The number of benzene rings is 1. The summed E-state index contributed by atoms with van der Waals surface area (Å²) in [5.41, 5.74) is 0.676. The third-order valence-electron chi connectivity index (χ3n) is 5.70. The van der Waals surface area contributed by atoms with Crippen molar-refractivity contribution in [1.82, 2.24) is 14.8 Å². The van der Waals surface area contributed by atoms with Crippen molar-refractivity contribution in [2.75, 3.05) is 25.4 Å². The summed E-state index contributed by atoms with van der Waals surface area (Å²) in [4.78, 5) is 27.9. The molecule has 3 rings (SSSR count). The largest absolute Gasteiger partial charge is 0.355 e. The second-order valence-electron chi connectivity index (χ2n) is 7.65. The van der Waals surface area contributed by atoms with E-state index in [1.54, 1.807) is 23.7 Å². The summed E-state index contributed by atoms with van der Waals surface area (Å²) in [5, 5.41) is 4.54. The number of carbonyl (C=O) groups excluding carboxylic acids is 1. The smallest absolute Gasteiger partial charge is 0.251 e. The van der Waals surface area contributed by atoms with Gasteiger partial charge in [-0.2, -0.15) is 0 Å². The van der Waals surface area contributed by atoms with Crippen LogP contribution in [0.15, 0.2) is 34.0 Å². The normalized spacial score (nSPS) is 17.6. The third-order valence-corrected chi connectivity index (χ3v) is 6.99. The highest BCUT2D eigenvalue weighted by molar-refractivity contribution is 8.00. The molecule has 1 atom stereocenters. The van der Waals surface area contributed by atoms with Gasteiger partial charge in [0.2, 0.25) is 5.91 Å². The standard InChI is InChI=1S/C22H30ClN3O2S/c1-3-17-7-4-5-11-26(17)12-6-10-24-21(27)15-29-20-14-22(28)25(2)19-13-16(23)8-9-18(19)20/h8-9,13-14,17H,3-7,10-12,15H2,1-2H3,(H,24,27)/t17-/m1/s1. The lowest BCUT2D eigenvalue weighted by Gasteiger charge is -2.35. The Hall–Kier alpha value is -1.50. The van der Waals surface area contributed by atoms with Gasteiger partial charge in [-0.3, -0.25) is 9.59 Å². The second kappa shape index (κ2) is 10.5. The van der Waals surface area contributed by atoms with Gasteiger partial charge in [0.15, 0.2) is 0 Å². The number of hydrogen-bond acceptors (Lipinski definition) is 4. The number of amides is 1. The summed E-state index contributed by atoms with van der Waals surface area (Å²) in [6.07, 6.45) is 6.11. The van der Waals surface area contributed by atoms with Crippen LogP contribution in [0.5, 0.6) is 0 Å². The lowest BCUT2D eigenvalue weighted by molar-refractivity contribution is -0.118. The molecule has 1 saturated heterocycles. The van der Waals surface area contributed by atoms with Crippen LogP contribution in [0.25, 0.3) is 10.9 Å². The maximum atomic E-state index is 12.3. The zero-order chi connectivity index (χ0) is 20.8. The molecule has 2 aromatic rings. The SMILES string of the molecule is CC[C@@H]1CCCCN1CCCNC(=O)CSc1cc(=O)n(C)c2cc(Cl)ccc12. The Kier molecular flexibility index (Phi) is 8.04. The number of halogens is 1. The molecule has 1 aromatic carbocycles. The molecule has 0 aliphatic carbocycles. The molecule has 0 radical (unpaired) electrons. The number of hydrogen-bond donors (Lipinski definition) is 1. The van der Waals surface area contributed by atoms with E-state index in [4.69, 9.17) is 11.6 Å². The number of likely N-dealkylation sites (tertiary alicyclic amines) is 1. The molecule has 1 aliphatic heterocycles. The van der Waals surface area contributed by atoms with Crippen LogP contribution in [-0.2, 0) is 11.8 Å². The minimum Gasteiger partial charge on any atom is -0.355 e. The number of nitrogens with one attached hydrogen (secondary N) is 1. The van der Waals surface area contributed by atoms with Crippen LogP contribution in [0.4, 0.5) is 0 Å². The van der Waals surface area contributed by atoms with Gasteiger partial charge in [-0.1, -0.05) is 31.0 Å². The number of fused-ring (bicyclic) bond motifs is 1. The zero-order valence-electron chi connectivity index (χ0n) is 17.2. The van der Waals surface area contributed by atoms with Gasteiger partial charge < -0.3 is 14.8 Å². The molecule has 1 aromatic heterocycles. The highest BCUT2D eigenvalue weighted by Gasteiger charge is 2.19. The summed E-state index contributed by atoms with van der Waals surface area (Å²) >= 11 is 7.48. The molecule has 1 amide bonds. The first-order valence-electron chi connectivity index (χ1n) is 10.4. The fourth-order valence-corrected chi connectivity index (χ4v) is 5.10. The van der Waals surface area contributed by atoms with Gasteiger partial charge in [0.25, 0.3) is 5.56 Å². The van der Waals surface area contributed by atoms with E-state index < -0.39 is 0 Å². The zero-order valence-corrected chi connectivity index (χ0v) is 18.8. The van der Waals surface area contributed by atoms with Crippen molar-refractivity contribution in [3.05, 3.63) is 39.6 Å².